The molecule has 28 heavy (non-hydrogen) atoms. The third kappa shape index (κ3) is 3.25. The molecule has 0 N–H and O–H groups in total. The molecule has 0 unspecified atom stereocenters. The van der Waals surface area contributed by atoms with Gasteiger partial charge in [0, 0.05) is 5.56 Å². The number of allylic oxidation sites excluding steroid dienone is 1. The first-order valence-corrected chi connectivity index (χ1v) is 9.86. The summed E-state index contributed by atoms with van der Waals surface area (Å²) in [5, 5.41) is 0. The Balaban J connectivity index is 2.12. The minimum atomic E-state index is -0.927. The molecule has 4 heteroatoms. The van der Waals surface area contributed by atoms with E-state index in [4.69, 9.17) is 9.31 Å². The molecule has 0 saturated carbocycles. The topological polar surface area (TPSA) is 35.5 Å². The number of benzene rings is 2. The Bertz CT molecular complexity index is 842. The summed E-state index contributed by atoms with van der Waals surface area (Å²) in [7, 11) is -0.655. The summed E-state index contributed by atoms with van der Waals surface area (Å²) in [5.74, 6) is 0.0153. The summed E-state index contributed by atoms with van der Waals surface area (Å²) in [4.78, 5) is 13.8. The van der Waals surface area contributed by atoms with Gasteiger partial charge in [0.2, 0.25) is 0 Å². The smallest absolute Gasteiger partial charge is 0.400 e. The molecule has 1 aliphatic rings. The van der Waals surface area contributed by atoms with Crippen molar-refractivity contribution in [3.05, 3.63) is 83.8 Å². The van der Waals surface area contributed by atoms with Crippen molar-refractivity contribution < 1.29 is 14.1 Å². The van der Waals surface area contributed by atoms with E-state index in [1.807, 2.05) is 95.3 Å². The fourth-order valence-corrected chi connectivity index (χ4v) is 3.80. The van der Waals surface area contributed by atoms with Crippen LogP contribution in [0.4, 0.5) is 0 Å². The Morgan fingerprint density at radius 1 is 0.929 bits per heavy atom. The molecule has 1 saturated heterocycles. The van der Waals surface area contributed by atoms with Gasteiger partial charge in [-0.1, -0.05) is 67.6 Å². The molecular weight excluding hydrogens is 347 g/mol. The zero-order chi connectivity index (χ0) is 20.6. The van der Waals surface area contributed by atoms with Gasteiger partial charge in [0.25, 0.3) is 0 Å². The highest BCUT2D eigenvalue weighted by molar-refractivity contribution is 6.56. The standard InChI is InChI=1S/C24H29BO3/c1-7-24(20-16-12-9-13-17-20,21(26)19-14-10-8-11-15-19)18(2)25-27-22(3,4)23(5,6)28-25/h8-17H,2,7H2,1,3-6H3/t24-/m1/s1. The average molecular weight is 376 g/mol. The highest BCUT2D eigenvalue weighted by Crippen LogP contribution is 2.45. The lowest BCUT2D eigenvalue weighted by Gasteiger charge is -2.35. The molecule has 1 aliphatic heterocycles. The van der Waals surface area contributed by atoms with Gasteiger partial charge >= 0.3 is 7.12 Å². The molecule has 3 rings (SSSR count). The van der Waals surface area contributed by atoms with Crippen LogP contribution in [0.1, 0.15) is 57.0 Å². The van der Waals surface area contributed by atoms with E-state index in [0.717, 1.165) is 5.56 Å². The quantitative estimate of drug-likeness (QED) is 0.500. The summed E-state index contributed by atoms with van der Waals surface area (Å²) < 4.78 is 12.5. The highest BCUT2D eigenvalue weighted by Gasteiger charge is 2.57. The maximum absolute atomic E-state index is 13.8. The highest BCUT2D eigenvalue weighted by atomic mass is 16.7. The van der Waals surface area contributed by atoms with Crippen molar-refractivity contribution in [1.29, 1.82) is 0 Å². The first kappa shape index (κ1) is 20.6. The van der Waals surface area contributed by atoms with Gasteiger partial charge in [-0.25, -0.2) is 0 Å². The summed E-state index contributed by atoms with van der Waals surface area (Å²) in [6, 6.07) is 19.2. The summed E-state index contributed by atoms with van der Waals surface area (Å²) >= 11 is 0. The van der Waals surface area contributed by atoms with Gasteiger partial charge in [-0.15, -0.1) is 6.58 Å². The summed E-state index contributed by atoms with van der Waals surface area (Å²) in [5.41, 5.74) is 0.300. The number of Topliss-reactive ketones (excluding diaryl/α,β-unsaturated/α-hetero) is 1. The van der Waals surface area contributed by atoms with Crippen LogP contribution in [0, 0.1) is 0 Å². The first-order chi connectivity index (χ1) is 13.2. The van der Waals surface area contributed by atoms with E-state index >= 15 is 0 Å². The Kier molecular flexibility index (Phi) is 5.39. The Labute approximate surface area is 168 Å². The van der Waals surface area contributed by atoms with E-state index in [9.17, 15) is 4.79 Å². The molecule has 3 nitrogen and oxygen atoms in total. The van der Waals surface area contributed by atoms with Crippen molar-refractivity contribution in [2.24, 2.45) is 0 Å². The van der Waals surface area contributed by atoms with Crippen LogP contribution >= 0.6 is 0 Å². The van der Waals surface area contributed by atoms with Crippen LogP contribution in [0.2, 0.25) is 0 Å². The lowest BCUT2D eigenvalue weighted by molar-refractivity contribution is 0.00578. The molecule has 146 valence electrons. The van der Waals surface area contributed by atoms with Gasteiger partial charge in [0.15, 0.2) is 5.78 Å². The Morgan fingerprint density at radius 2 is 1.39 bits per heavy atom. The van der Waals surface area contributed by atoms with Gasteiger partial charge < -0.3 is 9.31 Å². The minimum absolute atomic E-state index is 0.0153. The van der Waals surface area contributed by atoms with E-state index in [-0.39, 0.29) is 5.78 Å². The molecule has 0 bridgehead atoms. The van der Waals surface area contributed by atoms with E-state index in [2.05, 4.69) is 6.58 Å². The van der Waals surface area contributed by atoms with Crippen molar-refractivity contribution in [3.63, 3.8) is 0 Å². The maximum atomic E-state index is 13.8. The van der Waals surface area contributed by atoms with Gasteiger partial charge in [0.05, 0.1) is 16.6 Å². The number of carbonyl (C=O) groups excluding carboxylic acids is 1. The SMILES string of the molecule is C=C(B1OC(C)(C)C(C)(C)O1)[C@@](CC)(C(=O)c1ccccc1)c1ccccc1. The van der Waals surface area contributed by atoms with Crippen LogP contribution in [0.25, 0.3) is 0 Å². The maximum Gasteiger partial charge on any atom is 0.491 e. The monoisotopic (exact) mass is 376 g/mol. The van der Waals surface area contributed by atoms with Crippen molar-refractivity contribution in [2.45, 2.75) is 57.7 Å². The predicted octanol–water partition coefficient (Wildman–Crippen LogP) is 5.40. The van der Waals surface area contributed by atoms with Gasteiger partial charge in [-0.05, 0) is 45.2 Å². The second kappa shape index (κ2) is 7.34. The summed E-state index contributed by atoms with van der Waals surface area (Å²) in [6.07, 6.45) is 0.563. The molecule has 2 aromatic rings. The molecule has 0 spiro atoms. The number of hydrogen-bond donors (Lipinski definition) is 0. The second-order valence-electron chi connectivity index (χ2n) is 8.43. The fourth-order valence-electron chi connectivity index (χ4n) is 3.80. The van der Waals surface area contributed by atoms with Gasteiger partial charge in [-0.3, -0.25) is 4.79 Å². The molecule has 0 aliphatic carbocycles. The van der Waals surface area contributed by atoms with Crippen molar-refractivity contribution >= 4 is 12.9 Å². The van der Waals surface area contributed by atoms with Crippen molar-refractivity contribution in [3.8, 4) is 0 Å². The van der Waals surface area contributed by atoms with E-state index in [1.165, 1.54) is 0 Å². The van der Waals surface area contributed by atoms with Crippen LogP contribution in [0.15, 0.2) is 72.7 Å². The van der Waals surface area contributed by atoms with Crippen LogP contribution in [-0.2, 0) is 14.7 Å². The van der Waals surface area contributed by atoms with Crippen LogP contribution < -0.4 is 0 Å². The largest absolute Gasteiger partial charge is 0.491 e. The molecule has 1 fully saturated rings. The number of carbonyl (C=O) groups is 1. The lowest BCUT2D eigenvalue weighted by atomic mass is 9.56. The van der Waals surface area contributed by atoms with E-state index in [1.54, 1.807) is 0 Å². The third-order valence-corrected chi connectivity index (χ3v) is 6.31. The molecule has 0 amide bonds. The minimum Gasteiger partial charge on any atom is -0.400 e. The van der Waals surface area contributed by atoms with Crippen LogP contribution in [0.5, 0.6) is 0 Å². The molecule has 2 aromatic carbocycles. The van der Waals surface area contributed by atoms with Crippen LogP contribution in [-0.4, -0.2) is 24.1 Å². The fraction of sp³-hybridized carbons (Fsp3) is 0.375. The number of ketones is 1. The van der Waals surface area contributed by atoms with E-state index in [0.29, 0.717) is 17.5 Å². The molecule has 1 atom stereocenters. The molecule has 0 radical (unpaired) electrons. The van der Waals surface area contributed by atoms with Gasteiger partial charge in [-0.2, -0.15) is 0 Å². The lowest BCUT2D eigenvalue weighted by Crippen LogP contribution is -2.44. The first-order valence-electron chi connectivity index (χ1n) is 9.86. The molecule has 0 aromatic heterocycles. The number of rotatable bonds is 6. The van der Waals surface area contributed by atoms with Crippen molar-refractivity contribution in [1.82, 2.24) is 0 Å². The third-order valence-electron chi connectivity index (χ3n) is 6.31. The van der Waals surface area contributed by atoms with E-state index < -0.39 is 23.7 Å². The molecule has 1 heterocycles. The number of hydrogen-bond acceptors (Lipinski definition) is 3. The second-order valence-corrected chi connectivity index (χ2v) is 8.43. The zero-order valence-electron chi connectivity index (χ0n) is 17.5. The molecular formula is C24H29BO3. The normalized spacial score (nSPS) is 19.8. The Morgan fingerprint density at radius 3 is 1.86 bits per heavy atom. The van der Waals surface area contributed by atoms with Crippen molar-refractivity contribution in [2.75, 3.05) is 0 Å². The summed E-state index contributed by atoms with van der Waals surface area (Å²) in [6.45, 7) is 14.4. The predicted molar refractivity (Wildman–Crippen MR) is 114 cm³/mol. The Hall–Kier alpha value is -2.17. The average Bonchev–Trinajstić information content (AvgIpc) is 2.91. The zero-order valence-corrected chi connectivity index (χ0v) is 17.5. The van der Waals surface area contributed by atoms with Crippen LogP contribution in [0.3, 0.4) is 0 Å². The van der Waals surface area contributed by atoms with Gasteiger partial charge in [0.1, 0.15) is 0 Å².